The Morgan fingerprint density at radius 2 is 1.29 bits per heavy atom. The first-order valence-corrected chi connectivity index (χ1v) is 10.6. The molecule has 6 rings (SSSR count). The van der Waals surface area contributed by atoms with Crippen LogP contribution in [0.3, 0.4) is 0 Å². The van der Waals surface area contributed by atoms with Gasteiger partial charge >= 0.3 is 20.1 Å². The number of aromatic nitrogens is 11. The Hall–Kier alpha value is -4.68. The van der Waals surface area contributed by atoms with Gasteiger partial charge in [0.05, 0.1) is 23.0 Å². The van der Waals surface area contributed by atoms with Gasteiger partial charge < -0.3 is 15.2 Å². The third-order valence-corrected chi connectivity index (χ3v) is 4.46. The van der Waals surface area contributed by atoms with Crippen molar-refractivity contribution < 1.29 is 28.9 Å². The van der Waals surface area contributed by atoms with Crippen molar-refractivity contribution in [1.29, 1.82) is 0 Å². The van der Waals surface area contributed by atoms with Gasteiger partial charge in [0.2, 0.25) is 0 Å². The third-order valence-electron chi connectivity index (χ3n) is 4.46. The maximum atomic E-state index is 13.4. The number of hydrogen-bond donors (Lipinski definition) is 0. The van der Waals surface area contributed by atoms with E-state index in [1.54, 1.807) is 36.8 Å². The molecule has 1 aromatic carbocycles. The molecular weight excluding hydrogens is 673 g/mol. The Bertz CT molecular complexity index is 1430. The van der Waals surface area contributed by atoms with E-state index in [4.69, 9.17) is 0 Å². The van der Waals surface area contributed by atoms with E-state index in [-0.39, 0.29) is 25.7 Å². The largest absolute Gasteiger partial charge is 3.00 e. The molecule has 190 valence electrons. The van der Waals surface area contributed by atoms with E-state index >= 15 is 0 Å². The maximum Gasteiger partial charge on any atom is 3.00 e. The standard InChI is InChI=1S/C12H8F2N.2C6H4N5.Ir/c1-8-4-5-15-12(6-8)10-3-2-9(13)7-11(10)14;2*1-2-4-7-5(3-1)6-8-10-11-9-6;/h2,4-7H,1H3;2*1-4H;/q3*-1;+3. The molecule has 5 heterocycles. The van der Waals surface area contributed by atoms with E-state index in [0.29, 0.717) is 28.7 Å². The number of rotatable bonds is 3. The molecular formula is C24H16F2IrN11. The van der Waals surface area contributed by atoms with Gasteiger partial charge in [-0.05, 0) is 42.9 Å². The molecule has 0 radical (unpaired) electrons. The molecule has 5 aromatic heterocycles. The van der Waals surface area contributed by atoms with Crippen molar-refractivity contribution in [2.75, 3.05) is 0 Å². The van der Waals surface area contributed by atoms with E-state index in [1.807, 2.05) is 37.3 Å². The normalized spacial score (nSPS) is 9.76. The minimum atomic E-state index is -0.645. The van der Waals surface area contributed by atoms with Crippen LogP contribution in [-0.4, -0.2) is 46.0 Å². The van der Waals surface area contributed by atoms with E-state index < -0.39 is 11.6 Å². The minimum Gasteiger partial charge on any atom is -0.329 e. The van der Waals surface area contributed by atoms with Crippen molar-refractivity contribution in [3.05, 3.63) is 103 Å². The Labute approximate surface area is 228 Å². The topological polar surface area (TPSA) is 144 Å². The summed E-state index contributed by atoms with van der Waals surface area (Å²) < 4.78 is 26.0. The molecule has 0 amide bonds. The molecule has 0 atom stereocenters. The van der Waals surface area contributed by atoms with Gasteiger partial charge in [0.15, 0.2) is 0 Å². The number of pyridine rings is 3. The van der Waals surface area contributed by atoms with E-state index in [2.05, 4.69) is 62.3 Å². The molecule has 0 unspecified atom stereocenters. The Kier molecular flexibility index (Phi) is 10.4. The molecule has 0 aliphatic rings. The molecule has 0 saturated heterocycles. The zero-order chi connectivity index (χ0) is 25.9. The molecule has 0 aliphatic heterocycles. The van der Waals surface area contributed by atoms with Crippen LogP contribution in [0.25, 0.3) is 34.3 Å². The van der Waals surface area contributed by atoms with Gasteiger partial charge in [-0.25, -0.2) is 0 Å². The molecule has 0 saturated carbocycles. The van der Waals surface area contributed by atoms with Crippen LogP contribution < -0.4 is 10.2 Å². The molecule has 0 spiro atoms. The summed E-state index contributed by atoms with van der Waals surface area (Å²) in [5.74, 6) is -0.354. The van der Waals surface area contributed by atoms with Crippen molar-refractivity contribution in [3.63, 3.8) is 0 Å². The smallest absolute Gasteiger partial charge is 0.329 e. The summed E-state index contributed by atoms with van der Waals surface area (Å²) in [5, 5.41) is 28.0. The summed E-state index contributed by atoms with van der Waals surface area (Å²) in [6.45, 7) is 1.88. The van der Waals surface area contributed by atoms with Crippen LogP contribution in [0.4, 0.5) is 8.78 Å². The summed E-state index contributed by atoms with van der Waals surface area (Å²) >= 11 is 0. The van der Waals surface area contributed by atoms with Crippen LogP contribution in [-0.2, 0) is 20.1 Å². The van der Waals surface area contributed by atoms with E-state index in [0.717, 1.165) is 17.7 Å². The first-order valence-electron chi connectivity index (χ1n) is 10.6. The zero-order valence-corrected chi connectivity index (χ0v) is 21.9. The van der Waals surface area contributed by atoms with Gasteiger partial charge in [0.25, 0.3) is 0 Å². The van der Waals surface area contributed by atoms with Gasteiger partial charge in [-0.1, -0.05) is 35.4 Å². The SMILES string of the molecule is Cc1ccnc(-c2[c-]cc(F)cc2F)c1.[Ir+3].c1ccc(-c2nnn[n-]2)nc1.c1ccc(-c2nnn[n-]2)nc1. The minimum absolute atomic E-state index is 0. The van der Waals surface area contributed by atoms with E-state index in [1.165, 1.54) is 0 Å². The Morgan fingerprint density at radius 1 is 0.711 bits per heavy atom. The number of nitrogens with zero attached hydrogens (tertiary/aromatic N) is 11. The first-order chi connectivity index (χ1) is 18.1. The summed E-state index contributed by atoms with van der Waals surface area (Å²) in [6, 6.07) is 19.0. The van der Waals surface area contributed by atoms with Crippen LogP contribution in [0, 0.1) is 24.6 Å². The number of tetrazole rings is 2. The van der Waals surface area contributed by atoms with Gasteiger partial charge in [-0.3, -0.25) is 39.4 Å². The molecule has 11 nitrogen and oxygen atoms in total. The molecule has 14 heteroatoms. The van der Waals surface area contributed by atoms with Gasteiger partial charge in [0, 0.05) is 30.2 Å². The predicted molar refractivity (Wildman–Crippen MR) is 126 cm³/mol. The second kappa shape index (κ2) is 14.2. The number of aryl methyl sites for hydroxylation is 1. The fourth-order valence-corrected chi connectivity index (χ4v) is 2.80. The van der Waals surface area contributed by atoms with Crippen LogP contribution in [0.1, 0.15) is 5.56 Å². The second-order valence-corrected chi connectivity index (χ2v) is 7.09. The fourth-order valence-electron chi connectivity index (χ4n) is 2.80. The molecule has 6 aromatic rings. The Balaban J connectivity index is 0.000000158. The molecule has 0 fully saturated rings. The first kappa shape index (κ1) is 27.9. The van der Waals surface area contributed by atoms with Crippen LogP contribution in [0.5, 0.6) is 0 Å². The summed E-state index contributed by atoms with van der Waals surface area (Å²) in [7, 11) is 0. The van der Waals surface area contributed by atoms with Gasteiger partial charge in [-0.15, -0.1) is 12.1 Å². The second-order valence-electron chi connectivity index (χ2n) is 7.09. The van der Waals surface area contributed by atoms with Crippen molar-refractivity contribution in [2.45, 2.75) is 6.92 Å². The predicted octanol–water partition coefficient (Wildman–Crippen LogP) is 2.91. The van der Waals surface area contributed by atoms with Crippen LogP contribution >= 0.6 is 0 Å². The van der Waals surface area contributed by atoms with Crippen molar-refractivity contribution in [1.82, 2.24) is 56.2 Å². The fraction of sp³-hybridized carbons (Fsp3) is 0.0417. The van der Waals surface area contributed by atoms with Crippen molar-refractivity contribution >= 4 is 0 Å². The van der Waals surface area contributed by atoms with Gasteiger partial charge in [0.1, 0.15) is 0 Å². The average Bonchev–Trinajstić information content (AvgIpc) is 3.66. The van der Waals surface area contributed by atoms with Gasteiger partial charge in [-0.2, -0.15) is 10.4 Å². The van der Waals surface area contributed by atoms with Crippen molar-refractivity contribution in [3.8, 4) is 34.3 Å². The molecule has 0 N–H and O–H groups in total. The van der Waals surface area contributed by atoms with Crippen LogP contribution in [0.15, 0.2) is 79.3 Å². The van der Waals surface area contributed by atoms with Crippen molar-refractivity contribution in [2.24, 2.45) is 0 Å². The molecule has 38 heavy (non-hydrogen) atoms. The summed E-state index contributed by atoms with van der Waals surface area (Å²) in [5.41, 5.74) is 3.01. The zero-order valence-electron chi connectivity index (χ0n) is 19.5. The number of hydrogen-bond acceptors (Lipinski definition) is 9. The summed E-state index contributed by atoms with van der Waals surface area (Å²) in [6.07, 6.45) is 4.93. The number of benzene rings is 1. The third kappa shape index (κ3) is 7.91. The Morgan fingerprint density at radius 3 is 1.74 bits per heavy atom. The molecule has 0 bridgehead atoms. The quantitative estimate of drug-likeness (QED) is 0.253. The molecule has 0 aliphatic carbocycles. The number of halogens is 2. The van der Waals surface area contributed by atoms with Crippen LogP contribution in [0.2, 0.25) is 0 Å². The summed E-state index contributed by atoms with van der Waals surface area (Å²) in [4.78, 5) is 12.0. The monoisotopic (exact) mass is 689 g/mol. The maximum absolute atomic E-state index is 13.4. The average molecular weight is 689 g/mol. The van der Waals surface area contributed by atoms with E-state index in [9.17, 15) is 8.78 Å².